The number of rotatable bonds is 9. The number of hydrogen-bond acceptors (Lipinski definition) is 9. The minimum atomic E-state index is -0.618. The van der Waals surface area contributed by atoms with Crippen molar-refractivity contribution in [3.05, 3.63) is 63.2 Å². The van der Waals surface area contributed by atoms with Crippen LogP contribution in [0.4, 0.5) is 5.13 Å². The Hall–Kier alpha value is -2.98. The van der Waals surface area contributed by atoms with Gasteiger partial charge < -0.3 is 14.5 Å². The molecule has 8 nitrogen and oxygen atoms in total. The van der Waals surface area contributed by atoms with Gasteiger partial charge in [0.25, 0.3) is 0 Å². The zero-order valence-corrected chi connectivity index (χ0v) is 20.5. The zero-order valence-electron chi connectivity index (χ0n) is 18.8. The van der Waals surface area contributed by atoms with Gasteiger partial charge >= 0.3 is 5.97 Å². The summed E-state index contributed by atoms with van der Waals surface area (Å²) in [6, 6.07) is 6.63. The van der Waals surface area contributed by atoms with Crippen molar-refractivity contribution in [1.29, 1.82) is 0 Å². The van der Waals surface area contributed by atoms with Crippen LogP contribution in [0.3, 0.4) is 0 Å². The standard InChI is InChI=1S/C23H25N3O5S2/c1-5-15(6-2)20(28)24-22-25-26-23(33-22)32-12-17-10-18(27)19(11-30-17)31-21(29)16-8-13(3)7-14(4)9-16/h7-11,15H,5-6,12H2,1-4H3,(H,24,25,28). The van der Waals surface area contributed by atoms with Crippen LogP contribution < -0.4 is 15.5 Å². The summed E-state index contributed by atoms with van der Waals surface area (Å²) in [7, 11) is 0. The molecular weight excluding hydrogens is 462 g/mol. The predicted octanol–water partition coefficient (Wildman–Crippen LogP) is 4.99. The van der Waals surface area contributed by atoms with Gasteiger partial charge in [0.05, 0.1) is 11.3 Å². The lowest BCUT2D eigenvalue weighted by molar-refractivity contribution is -0.120. The van der Waals surface area contributed by atoms with Crippen LogP contribution in [-0.4, -0.2) is 22.1 Å². The first-order valence-corrected chi connectivity index (χ1v) is 12.3. The number of hydrogen-bond donors (Lipinski definition) is 1. The van der Waals surface area contributed by atoms with Gasteiger partial charge in [-0.05, 0) is 38.8 Å². The number of aryl methyl sites for hydroxylation is 2. The molecule has 10 heteroatoms. The van der Waals surface area contributed by atoms with Crippen molar-refractivity contribution in [2.75, 3.05) is 5.32 Å². The number of aromatic nitrogens is 2. The molecule has 0 saturated carbocycles. The molecule has 0 aliphatic carbocycles. The number of esters is 1. The van der Waals surface area contributed by atoms with E-state index in [0.717, 1.165) is 30.2 Å². The summed E-state index contributed by atoms with van der Waals surface area (Å²) < 4.78 is 11.3. The monoisotopic (exact) mass is 487 g/mol. The molecule has 1 amide bonds. The molecule has 2 aromatic heterocycles. The topological polar surface area (TPSA) is 111 Å². The van der Waals surface area contributed by atoms with Gasteiger partial charge in [0.2, 0.25) is 22.2 Å². The van der Waals surface area contributed by atoms with Crippen molar-refractivity contribution in [2.24, 2.45) is 5.92 Å². The van der Waals surface area contributed by atoms with E-state index in [-0.39, 0.29) is 17.6 Å². The van der Waals surface area contributed by atoms with Gasteiger partial charge in [-0.3, -0.25) is 9.59 Å². The second-order valence-electron chi connectivity index (χ2n) is 7.51. The molecule has 0 saturated heterocycles. The quantitative estimate of drug-likeness (QED) is 0.255. The fourth-order valence-corrected chi connectivity index (χ4v) is 4.80. The first-order chi connectivity index (χ1) is 15.8. The van der Waals surface area contributed by atoms with Crippen LogP contribution in [0, 0.1) is 19.8 Å². The molecule has 0 atom stereocenters. The molecule has 0 spiro atoms. The summed E-state index contributed by atoms with van der Waals surface area (Å²) in [6.07, 6.45) is 2.66. The molecule has 1 N–H and O–H groups in total. The fourth-order valence-electron chi connectivity index (χ4n) is 3.16. The Bertz CT molecular complexity index is 1180. The fraction of sp³-hybridized carbons (Fsp3) is 0.348. The molecule has 0 aliphatic rings. The maximum absolute atomic E-state index is 12.4. The average molecular weight is 488 g/mol. The third-order valence-corrected chi connectivity index (χ3v) is 6.84. The Morgan fingerprint density at radius 2 is 1.82 bits per heavy atom. The summed E-state index contributed by atoms with van der Waals surface area (Å²) in [5.74, 6) is -0.181. The molecule has 0 bridgehead atoms. The van der Waals surface area contributed by atoms with Crippen LogP contribution in [0.1, 0.15) is 53.9 Å². The van der Waals surface area contributed by atoms with Crippen LogP contribution >= 0.6 is 23.1 Å². The molecule has 0 fully saturated rings. The van der Waals surface area contributed by atoms with E-state index in [2.05, 4.69) is 15.5 Å². The van der Waals surface area contributed by atoms with Crippen molar-refractivity contribution in [3.63, 3.8) is 0 Å². The summed E-state index contributed by atoms with van der Waals surface area (Å²) in [4.78, 5) is 36.9. The van der Waals surface area contributed by atoms with Crippen LogP contribution in [0.15, 0.2) is 44.1 Å². The molecule has 3 aromatic rings. The molecular formula is C23H25N3O5S2. The maximum Gasteiger partial charge on any atom is 0.343 e. The minimum absolute atomic E-state index is 0.0539. The van der Waals surface area contributed by atoms with Crippen molar-refractivity contribution in [3.8, 4) is 5.75 Å². The predicted molar refractivity (Wildman–Crippen MR) is 128 cm³/mol. The van der Waals surface area contributed by atoms with Gasteiger partial charge in [0.15, 0.2) is 4.34 Å². The summed E-state index contributed by atoms with van der Waals surface area (Å²) in [5, 5.41) is 11.3. The lowest BCUT2D eigenvalue weighted by Gasteiger charge is -2.09. The number of nitrogens with zero attached hydrogens (tertiary/aromatic N) is 2. The lowest BCUT2D eigenvalue weighted by Crippen LogP contribution is -2.21. The first-order valence-electron chi connectivity index (χ1n) is 10.5. The van der Waals surface area contributed by atoms with E-state index < -0.39 is 11.4 Å². The highest BCUT2D eigenvalue weighted by molar-refractivity contribution is 8.00. The van der Waals surface area contributed by atoms with Gasteiger partial charge in [-0.1, -0.05) is 54.1 Å². The number of anilines is 1. The third-order valence-electron chi connectivity index (χ3n) is 4.84. The van der Waals surface area contributed by atoms with E-state index in [0.29, 0.717) is 26.5 Å². The van der Waals surface area contributed by atoms with E-state index in [1.165, 1.54) is 29.2 Å². The van der Waals surface area contributed by atoms with Gasteiger partial charge in [-0.25, -0.2) is 4.79 Å². The minimum Gasteiger partial charge on any atom is -0.464 e. The van der Waals surface area contributed by atoms with Crippen LogP contribution in [-0.2, 0) is 10.5 Å². The van der Waals surface area contributed by atoms with Crippen LogP contribution in [0.25, 0.3) is 0 Å². The van der Waals surface area contributed by atoms with Crippen LogP contribution in [0.2, 0.25) is 0 Å². The largest absolute Gasteiger partial charge is 0.464 e. The molecule has 1 aromatic carbocycles. The highest BCUT2D eigenvalue weighted by Gasteiger charge is 2.17. The second kappa shape index (κ2) is 11.2. The van der Waals surface area contributed by atoms with E-state index >= 15 is 0 Å². The highest BCUT2D eigenvalue weighted by Crippen LogP contribution is 2.29. The van der Waals surface area contributed by atoms with E-state index in [9.17, 15) is 14.4 Å². The number of thioether (sulfide) groups is 1. The summed E-state index contributed by atoms with van der Waals surface area (Å²) in [5.41, 5.74) is 1.77. The highest BCUT2D eigenvalue weighted by atomic mass is 32.2. The van der Waals surface area contributed by atoms with Gasteiger partial charge in [-0.2, -0.15) is 0 Å². The molecule has 174 valence electrons. The maximum atomic E-state index is 12.4. The Labute approximate surface area is 199 Å². The summed E-state index contributed by atoms with van der Waals surface area (Å²) >= 11 is 2.58. The lowest BCUT2D eigenvalue weighted by atomic mass is 10.0. The second-order valence-corrected chi connectivity index (χ2v) is 9.71. The molecule has 3 rings (SSSR count). The summed E-state index contributed by atoms with van der Waals surface area (Å²) in [6.45, 7) is 7.70. The Kier molecular flexibility index (Phi) is 8.40. The van der Waals surface area contributed by atoms with Gasteiger partial charge in [-0.15, -0.1) is 10.2 Å². The van der Waals surface area contributed by atoms with Crippen molar-refractivity contribution >= 4 is 40.1 Å². The normalized spacial score (nSPS) is 10.9. The van der Waals surface area contributed by atoms with Gasteiger partial charge in [0, 0.05) is 12.0 Å². The average Bonchev–Trinajstić information content (AvgIpc) is 3.21. The van der Waals surface area contributed by atoms with E-state index in [1.54, 1.807) is 12.1 Å². The van der Waals surface area contributed by atoms with Crippen molar-refractivity contribution in [2.45, 2.75) is 50.6 Å². The molecule has 2 heterocycles. The van der Waals surface area contributed by atoms with Gasteiger partial charge in [0.1, 0.15) is 12.0 Å². The third kappa shape index (κ3) is 6.75. The molecule has 0 aliphatic heterocycles. The van der Waals surface area contributed by atoms with E-state index in [4.69, 9.17) is 9.15 Å². The first kappa shape index (κ1) is 24.7. The molecule has 33 heavy (non-hydrogen) atoms. The van der Waals surface area contributed by atoms with Crippen LogP contribution in [0.5, 0.6) is 5.75 Å². The number of carbonyl (C=O) groups excluding carboxylic acids is 2. The number of carbonyl (C=O) groups is 2. The number of amides is 1. The van der Waals surface area contributed by atoms with Crippen molar-refractivity contribution < 1.29 is 18.7 Å². The molecule has 0 unspecified atom stereocenters. The number of benzene rings is 1. The zero-order chi connectivity index (χ0) is 24.0. The van der Waals surface area contributed by atoms with E-state index in [1.807, 2.05) is 33.8 Å². The number of ether oxygens (including phenoxy) is 1. The Morgan fingerprint density at radius 1 is 1.12 bits per heavy atom. The number of nitrogens with one attached hydrogen (secondary N) is 1. The van der Waals surface area contributed by atoms with Crippen molar-refractivity contribution in [1.82, 2.24) is 10.2 Å². The Morgan fingerprint density at radius 3 is 2.45 bits per heavy atom. The molecule has 0 radical (unpaired) electrons. The smallest absolute Gasteiger partial charge is 0.343 e. The SMILES string of the molecule is CCC(CC)C(=O)Nc1nnc(SCc2cc(=O)c(OC(=O)c3cc(C)cc(C)c3)co2)s1. The Balaban J connectivity index is 1.59.